The highest BCUT2D eigenvalue weighted by atomic mass is 79.9. The SMILES string of the molecule is COc1c(C(=O)O)cc(Br)nc1C(F)F. The normalized spacial score (nSPS) is 10.5. The summed E-state index contributed by atoms with van der Waals surface area (Å²) in [6.07, 6.45) is -2.89. The van der Waals surface area contributed by atoms with Gasteiger partial charge in [0.25, 0.3) is 6.43 Å². The lowest BCUT2D eigenvalue weighted by molar-refractivity contribution is 0.0691. The average Bonchev–Trinajstić information content (AvgIpc) is 2.16. The number of halogens is 3. The first-order valence-electron chi connectivity index (χ1n) is 3.73. The Morgan fingerprint density at radius 3 is 2.67 bits per heavy atom. The second-order valence-electron chi connectivity index (χ2n) is 2.52. The fourth-order valence-corrected chi connectivity index (χ4v) is 1.46. The minimum absolute atomic E-state index is 0.0241. The Labute approximate surface area is 92.0 Å². The maximum atomic E-state index is 12.5. The fraction of sp³-hybridized carbons (Fsp3) is 0.250. The topological polar surface area (TPSA) is 59.4 Å². The Morgan fingerprint density at radius 1 is 1.67 bits per heavy atom. The molecule has 0 unspecified atom stereocenters. The Morgan fingerprint density at radius 2 is 2.27 bits per heavy atom. The minimum Gasteiger partial charge on any atom is -0.494 e. The molecular formula is C8H6BrF2NO3. The molecule has 15 heavy (non-hydrogen) atoms. The predicted molar refractivity (Wildman–Crippen MR) is 50.4 cm³/mol. The largest absolute Gasteiger partial charge is 0.494 e. The molecule has 1 N–H and O–H groups in total. The van der Waals surface area contributed by atoms with Crippen LogP contribution in [0.4, 0.5) is 8.78 Å². The molecule has 0 saturated carbocycles. The van der Waals surface area contributed by atoms with Gasteiger partial charge in [0, 0.05) is 0 Å². The number of carbonyl (C=O) groups is 1. The zero-order chi connectivity index (χ0) is 11.6. The smallest absolute Gasteiger partial charge is 0.339 e. The van der Waals surface area contributed by atoms with Crippen LogP contribution < -0.4 is 4.74 Å². The van der Waals surface area contributed by atoms with Crippen LogP contribution in [0.5, 0.6) is 5.75 Å². The first-order valence-corrected chi connectivity index (χ1v) is 4.52. The number of aromatic carboxylic acids is 1. The Bertz CT molecular complexity index is 398. The molecule has 82 valence electrons. The number of alkyl halides is 2. The average molecular weight is 282 g/mol. The van der Waals surface area contributed by atoms with Crippen LogP contribution in [0.3, 0.4) is 0 Å². The number of methoxy groups -OCH3 is 1. The molecule has 0 radical (unpaired) electrons. The summed E-state index contributed by atoms with van der Waals surface area (Å²) in [5.41, 5.74) is -1.04. The number of hydrogen-bond donors (Lipinski definition) is 1. The monoisotopic (exact) mass is 281 g/mol. The van der Waals surface area contributed by atoms with Gasteiger partial charge in [-0.25, -0.2) is 18.6 Å². The van der Waals surface area contributed by atoms with Crippen molar-refractivity contribution in [2.24, 2.45) is 0 Å². The van der Waals surface area contributed by atoms with Crippen LogP contribution in [0.15, 0.2) is 10.7 Å². The molecule has 4 nitrogen and oxygen atoms in total. The van der Waals surface area contributed by atoms with E-state index in [-0.39, 0.29) is 10.2 Å². The highest BCUT2D eigenvalue weighted by Gasteiger charge is 2.23. The van der Waals surface area contributed by atoms with Crippen LogP contribution in [0, 0.1) is 0 Å². The van der Waals surface area contributed by atoms with E-state index in [2.05, 4.69) is 25.7 Å². The van der Waals surface area contributed by atoms with E-state index in [1.165, 1.54) is 0 Å². The Balaban J connectivity index is 3.45. The zero-order valence-electron chi connectivity index (χ0n) is 7.50. The van der Waals surface area contributed by atoms with Crippen LogP contribution in [-0.4, -0.2) is 23.2 Å². The van der Waals surface area contributed by atoms with Crippen molar-refractivity contribution in [1.29, 1.82) is 0 Å². The third kappa shape index (κ3) is 2.41. The maximum absolute atomic E-state index is 12.5. The lowest BCUT2D eigenvalue weighted by Crippen LogP contribution is -2.06. The van der Waals surface area contributed by atoms with Gasteiger partial charge in [0.05, 0.1) is 7.11 Å². The molecule has 0 bridgehead atoms. The minimum atomic E-state index is -2.89. The quantitative estimate of drug-likeness (QED) is 0.865. The van der Waals surface area contributed by atoms with Crippen molar-refractivity contribution in [3.8, 4) is 5.75 Å². The first-order chi connectivity index (χ1) is 6.97. The van der Waals surface area contributed by atoms with Crippen LogP contribution in [0.1, 0.15) is 22.5 Å². The van der Waals surface area contributed by atoms with Gasteiger partial charge in [0.1, 0.15) is 10.2 Å². The van der Waals surface area contributed by atoms with Crippen molar-refractivity contribution in [3.05, 3.63) is 21.9 Å². The van der Waals surface area contributed by atoms with Gasteiger partial charge in [-0.1, -0.05) is 0 Å². The summed E-state index contributed by atoms with van der Waals surface area (Å²) < 4.78 is 29.6. The molecule has 0 saturated heterocycles. The van der Waals surface area contributed by atoms with E-state index in [9.17, 15) is 13.6 Å². The van der Waals surface area contributed by atoms with Crippen LogP contribution >= 0.6 is 15.9 Å². The van der Waals surface area contributed by atoms with Gasteiger partial charge in [0.15, 0.2) is 11.4 Å². The van der Waals surface area contributed by atoms with Crippen molar-refractivity contribution < 1.29 is 23.4 Å². The second kappa shape index (κ2) is 4.52. The molecule has 0 aliphatic heterocycles. The number of ether oxygens (including phenoxy) is 1. The van der Waals surface area contributed by atoms with Crippen molar-refractivity contribution in [2.45, 2.75) is 6.43 Å². The molecule has 1 rings (SSSR count). The van der Waals surface area contributed by atoms with Crippen molar-refractivity contribution >= 4 is 21.9 Å². The van der Waals surface area contributed by atoms with Gasteiger partial charge in [-0.05, 0) is 22.0 Å². The summed E-state index contributed by atoms with van der Waals surface area (Å²) >= 11 is 2.85. The molecule has 0 atom stereocenters. The lowest BCUT2D eigenvalue weighted by atomic mass is 10.2. The van der Waals surface area contributed by atoms with E-state index < -0.39 is 23.8 Å². The first kappa shape index (κ1) is 11.8. The summed E-state index contributed by atoms with van der Waals surface area (Å²) in [5.74, 6) is -1.77. The van der Waals surface area contributed by atoms with Gasteiger partial charge < -0.3 is 9.84 Å². The molecule has 0 aliphatic rings. The second-order valence-corrected chi connectivity index (χ2v) is 3.33. The number of rotatable bonds is 3. The van der Waals surface area contributed by atoms with Crippen LogP contribution in [0.25, 0.3) is 0 Å². The number of nitrogens with zero attached hydrogens (tertiary/aromatic N) is 1. The summed E-state index contributed by atoms with van der Waals surface area (Å²) in [5, 5.41) is 8.75. The standard InChI is InChI=1S/C8H6BrF2NO3/c1-15-6-3(8(13)14)2-4(9)12-5(6)7(10)11/h2,7H,1H3,(H,13,14). The summed E-state index contributed by atoms with van der Waals surface area (Å²) in [6.45, 7) is 0. The maximum Gasteiger partial charge on any atom is 0.339 e. The molecule has 0 aromatic carbocycles. The van der Waals surface area contributed by atoms with Gasteiger partial charge >= 0.3 is 5.97 Å². The van der Waals surface area contributed by atoms with Crippen LogP contribution in [-0.2, 0) is 0 Å². The molecule has 0 amide bonds. The van der Waals surface area contributed by atoms with Crippen molar-refractivity contribution in [2.75, 3.05) is 7.11 Å². The molecule has 0 fully saturated rings. The molecule has 1 aromatic heterocycles. The molecule has 1 aromatic rings. The van der Waals surface area contributed by atoms with E-state index in [1.807, 2.05) is 0 Å². The van der Waals surface area contributed by atoms with E-state index >= 15 is 0 Å². The van der Waals surface area contributed by atoms with Crippen molar-refractivity contribution in [1.82, 2.24) is 4.98 Å². The Kier molecular flexibility index (Phi) is 3.57. The lowest BCUT2D eigenvalue weighted by Gasteiger charge is -2.10. The molecule has 1 heterocycles. The van der Waals surface area contributed by atoms with Gasteiger partial charge in [-0.2, -0.15) is 0 Å². The number of aromatic nitrogens is 1. The predicted octanol–water partition coefficient (Wildman–Crippen LogP) is 2.49. The van der Waals surface area contributed by atoms with Crippen LogP contribution in [0.2, 0.25) is 0 Å². The van der Waals surface area contributed by atoms with E-state index in [1.54, 1.807) is 0 Å². The van der Waals surface area contributed by atoms with Crippen molar-refractivity contribution in [3.63, 3.8) is 0 Å². The molecular weight excluding hydrogens is 276 g/mol. The van der Waals surface area contributed by atoms with E-state index in [4.69, 9.17) is 5.11 Å². The van der Waals surface area contributed by atoms with Gasteiger partial charge in [-0.3, -0.25) is 0 Å². The number of pyridine rings is 1. The zero-order valence-corrected chi connectivity index (χ0v) is 9.09. The van der Waals surface area contributed by atoms with E-state index in [0.717, 1.165) is 13.2 Å². The van der Waals surface area contributed by atoms with Gasteiger partial charge in [0.2, 0.25) is 0 Å². The third-order valence-corrected chi connectivity index (χ3v) is 2.02. The molecule has 0 spiro atoms. The third-order valence-electron chi connectivity index (χ3n) is 1.61. The van der Waals surface area contributed by atoms with Gasteiger partial charge in [-0.15, -0.1) is 0 Å². The summed E-state index contributed by atoms with van der Waals surface area (Å²) in [7, 11) is 1.11. The van der Waals surface area contributed by atoms with E-state index in [0.29, 0.717) is 0 Å². The molecule has 0 aliphatic carbocycles. The number of carboxylic acid groups (broad SMARTS) is 1. The molecule has 7 heteroatoms. The fourth-order valence-electron chi connectivity index (χ4n) is 1.04. The number of carboxylic acids is 1. The summed E-state index contributed by atoms with van der Waals surface area (Å²) in [4.78, 5) is 14.2. The number of hydrogen-bond acceptors (Lipinski definition) is 3. The summed E-state index contributed by atoms with van der Waals surface area (Å²) in [6, 6.07) is 1.10. The highest BCUT2D eigenvalue weighted by molar-refractivity contribution is 9.10. The Hall–Kier alpha value is -1.24. The highest BCUT2D eigenvalue weighted by Crippen LogP contribution is 2.32.